The molecule has 1 aromatic carbocycles. The van der Waals surface area contributed by atoms with Crippen LogP contribution in [0.3, 0.4) is 0 Å². The summed E-state index contributed by atoms with van der Waals surface area (Å²) in [4.78, 5) is 35.7. The third kappa shape index (κ3) is 6.86. The van der Waals surface area contributed by atoms with Gasteiger partial charge in [0, 0.05) is 25.1 Å². The monoisotopic (exact) mass is 461 g/mol. The average molecular weight is 461 g/mol. The fraction of sp³-hybridized carbons (Fsp3) is 0.500. The predicted molar refractivity (Wildman–Crippen MR) is 104 cm³/mol. The molecule has 2 rings (SSSR count). The van der Waals surface area contributed by atoms with Gasteiger partial charge in [-0.2, -0.15) is 8.78 Å². The Bertz CT molecular complexity index is 841. The molecule has 10 heteroatoms. The van der Waals surface area contributed by atoms with Crippen molar-refractivity contribution in [2.75, 3.05) is 6.54 Å². The summed E-state index contributed by atoms with van der Waals surface area (Å²) in [5, 5.41) is 0. The minimum atomic E-state index is -2.31. The number of nitrogens with zero attached hydrogens (tertiary/aromatic N) is 1. The van der Waals surface area contributed by atoms with Crippen LogP contribution in [0, 0.1) is 29.1 Å². The van der Waals surface area contributed by atoms with Gasteiger partial charge in [0.15, 0.2) is 0 Å². The number of esters is 1. The SMILES string of the molecule is O=C(CCCCCCCCCCCN1C(=O)C=CC1=O)Oc1c(F)c(F)c(F)c(F)c1F. The number of carbonyl (C=O) groups excluding carboxylic acids is 3. The van der Waals surface area contributed by atoms with Gasteiger partial charge in [-0.25, -0.2) is 13.2 Å². The lowest BCUT2D eigenvalue weighted by Crippen LogP contribution is -2.30. The Labute approximate surface area is 182 Å². The number of hydrogen-bond acceptors (Lipinski definition) is 4. The molecule has 0 aromatic heterocycles. The average Bonchev–Trinajstić information content (AvgIpc) is 3.09. The number of hydrogen-bond donors (Lipinski definition) is 0. The van der Waals surface area contributed by atoms with Crippen molar-refractivity contribution in [2.24, 2.45) is 0 Å². The van der Waals surface area contributed by atoms with Crippen molar-refractivity contribution in [2.45, 2.75) is 64.2 Å². The van der Waals surface area contributed by atoms with Crippen molar-refractivity contribution in [1.82, 2.24) is 4.90 Å². The third-order valence-electron chi connectivity index (χ3n) is 5.05. The first-order chi connectivity index (χ1) is 15.2. The standard InChI is InChI=1S/C22H24F5NO4/c23-17-18(24)20(26)22(21(27)19(17)25)32-16(31)10-8-6-4-2-1-3-5-7-9-13-28-14(29)11-12-15(28)30/h11-12H,1-10,13H2. The normalized spacial score (nSPS) is 13.3. The number of carbonyl (C=O) groups is 3. The molecule has 0 atom stereocenters. The second-order valence-corrected chi connectivity index (χ2v) is 7.47. The quantitative estimate of drug-likeness (QED) is 0.0779. The number of benzene rings is 1. The summed E-state index contributed by atoms with van der Waals surface area (Å²) in [6.45, 7) is 0.422. The van der Waals surface area contributed by atoms with E-state index in [1.54, 1.807) is 0 Å². The van der Waals surface area contributed by atoms with Crippen molar-refractivity contribution < 1.29 is 41.1 Å². The zero-order chi connectivity index (χ0) is 23.7. The van der Waals surface area contributed by atoms with Crippen LogP contribution in [-0.2, 0) is 14.4 Å². The third-order valence-corrected chi connectivity index (χ3v) is 5.05. The van der Waals surface area contributed by atoms with Gasteiger partial charge in [0.05, 0.1) is 0 Å². The molecule has 0 saturated carbocycles. The Balaban J connectivity index is 1.51. The fourth-order valence-corrected chi connectivity index (χ4v) is 3.27. The summed E-state index contributed by atoms with van der Waals surface area (Å²) in [6, 6.07) is 0. The van der Waals surface area contributed by atoms with Gasteiger partial charge < -0.3 is 4.74 Å². The number of halogens is 5. The van der Waals surface area contributed by atoms with Crippen LogP contribution < -0.4 is 4.74 Å². The number of unbranched alkanes of at least 4 members (excludes halogenated alkanes) is 8. The van der Waals surface area contributed by atoms with Gasteiger partial charge in [0.25, 0.3) is 11.8 Å². The molecule has 5 nitrogen and oxygen atoms in total. The maximum Gasteiger partial charge on any atom is 0.311 e. The molecule has 0 saturated heterocycles. The molecular formula is C22H24F5NO4. The van der Waals surface area contributed by atoms with Crippen molar-refractivity contribution in [1.29, 1.82) is 0 Å². The Morgan fingerprint density at radius 3 is 1.56 bits per heavy atom. The molecule has 0 radical (unpaired) electrons. The maximum atomic E-state index is 13.5. The van der Waals surface area contributed by atoms with Gasteiger partial charge in [-0.15, -0.1) is 0 Å². The van der Waals surface area contributed by atoms with Crippen LogP contribution in [0.1, 0.15) is 64.2 Å². The highest BCUT2D eigenvalue weighted by atomic mass is 19.2. The number of amides is 2. The summed E-state index contributed by atoms with van der Waals surface area (Å²) in [7, 11) is 0. The summed E-state index contributed by atoms with van der Waals surface area (Å²) < 4.78 is 70.5. The van der Waals surface area contributed by atoms with E-state index < -0.39 is 40.8 Å². The first-order valence-corrected chi connectivity index (χ1v) is 10.5. The number of ether oxygens (including phenoxy) is 1. The van der Waals surface area contributed by atoms with Crippen LogP contribution in [0.25, 0.3) is 0 Å². The number of imide groups is 1. The first kappa shape index (κ1) is 25.5. The Morgan fingerprint density at radius 1 is 0.656 bits per heavy atom. The van der Waals surface area contributed by atoms with E-state index in [1.165, 1.54) is 17.1 Å². The van der Waals surface area contributed by atoms with Gasteiger partial charge in [-0.1, -0.05) is 44.9 Å². The van der Waals surface area contributed by atoms with Crippen LogP contribution in [0.5, 0.6) is 5.75 Å². The van der Waals surface area contributed by atoms with E-state index in [4.69, 9.17) is 0 Å². The fourth-order valence-electron chi connectivity index (χ4n) is 3.27. The van der Waals surface area contributed by atoms with Gasteiger partial charge in [-0.05, 0) is 12.8 Å². The molecule has 2 amide bonds. The van der Waals surface area contributed by atoms with Crippen molar-refractivity contribution in [3.8, 4) is 5.75 Å². The molecule has 32 heavy (non-hydrogen) atoms. The van der Waals surface area contributed by atoms with Gasteiger partial charge >= 0.3 is 5.97 Å². The largest absolute Gasteiger partial charge is 0.420 e. The van der Waals surface area contributed by atoms with E-state index in [0.29, 0.717) is 19.4 Å². The van der Waals surface area contributed by atoms with Crippen molar-refractivity contribution in [3.05, 3.63) is 41.2 Å². The smallest absolute Gasteiger partial charge is 0.311 e. The van der Waals surface area contributed by atoms with E-state index in [0.717, 1.165) is 44.9 Å². The van der Waals surface area contributed by atoms with Crippen LogP contribution in [0.2, 0.25) is 0 Å². The molecule has 1 aliphatic heterocycles. The highest BCUT2D eigenvalue weighted by Crippen LogP contribution is 2.29. The highest BCUT2D eigenvalue weighted by Gasteiger charge is 2.28. The molecule has 0 spiro atoms. The molecule has 0 fully saturated rings. The molecular weight excluding hydrogens is 437 g/mol. The van der Waals surface area contributed by atoms with E-state index in [-0.39, 0.29) is 18.2 Å². The minimum Gasteiger partial charge on any atom is -0.420 e. The summed E-state index contributed by atoms with van der Waals surface area (Å²) in [6.07, 6.45) is 9.66. The van der Waals surface area contributed by atoms with Crippen LogP contribution >= 0.6 is 0 Å². The Morgan fingerprint density at radius 2 is 1.06 bits per heavy atom. The first-order valence-electron chi connectivity index (χ1n) is 10.5. The highest BCUT2D eigenvalue weighted by molar-refractivity contribution is 6.12. The van der Waals surface area contributed by atoms with E-state index in [9.17, 15) is 36.3 Å². The van der Waals surface area contributed by atoms with E-state index >= 15 is 0 Å². The van der Waals surface area contributed by atoms with Crippen LogP contribution in [0.15, 0.2) is 12.2 Å². The van der Waals surface area contributed by atoms with Gasteiger partial charge in [0.1, 0.15) is 0 Å². The molecule has 0 bridgehead atoms. The van der Waals surface area contributed by atoms with Gasteiger partial charge in [0.2, 0.25) is 34.8 Å². The summed E-state index contributed by atoms with van der Waals surface area (Å²) >= 11 is 0. The minimum absolute atomic E-state index is 0.206. The van der Waals surface area contributed by atoms with Crippen molar-refractivity contribution >= 4 is 17.8 Å². The van der Waals surface area contributed by atoms with Gasteiger partial charge in [-0.3, -0.25) is 19.3 Å². The summed E-state index contributed by atoms with van der Waals surface area (Å²) in [5.41, 5.74) is 0. The van der Waals surface area contributed by atoms with Crippen molar-refractivity contribution in [3.63, 3.8) is 0 Å². The lowest BCUT2D eigenvalue weighted by Gasteiger charge is -2.13. The molecule has 176 valence electrons. The molecule has 1 aliphatic rings. The zero-order valence-corrected chi connectivity index (χ0v) is 17.4. The Hall–Kier alpha value is -2.78. The maximum absolute atomic E-state index is 13.5. The topological polar surface area (TPSA) is 63.7 Å². The van der Waals surface area contributed by atoms with Crippen LogP contribution in [-0.4, -0.2) is 29.2 Å². The Kier molecular flexibility index (Phi) is 9.80. The zero-order valence-electron chi connectivity index (χ0n) is 17.4. The molecule has 0 unspecified atom stereocenters. The molecule has 1 heterocycles. The molecule has 0 aliphatic carbocycles. The summed E-state index contributed by atoms with van der Waals surface area (Å²) in [5.74, 6) is -14.2. The lowest BCUT2D eigenvalue weighted by molar-refractivity contribution is -0.137. The molecule has 1 aromatic rings. The van der Waals surface area contributed by atoms with E-state index in [2.05, 4.69) is 4.74 Å². The molecule has 0 N–H and O–H groups in total. The second-order valence-electron chi connectivity index (χ2n) is 7.47. The lowest BCUT2D eigenvalue weighted by atomic mass is 10.1. The van der Waals surface area contributed by atoms with Crippen LogP contribution in [0.4, 0.5) is 22.0 Å². The van der Waals surface area contributed by atoms with E-state index in [1.807, 2.05) is 0 Å². The second kappa shape index (κ2) is 12.3. The predicted octanol–water partition coefficient (Wildman–Crippen LogP) is 5.11. The number of rotatable bonds is 13.